The average molecular weight is 477 g/mol. The number of nitrogens with zero attached hydrogens (tertiary/aromatic N) is 1. The van der Waals surface area contributed by atoms with Gasteiger partial charge in [0.2, 0.25) is 15.9 Å². The molecule has 3 aromatic rings. The van der Waals surface area contributed by atoms with Crippen molar-refractivity contribution in [1.29, 1.82) is 0 Å². The first kappa shape index (κ1) is 23.3. The Morgan fingerprint density at radius 1 is 0.935 bits per heavy atom. The molecule has 0 atom stereocenters. The Bertz CT molecular complexity index is 1180. The van der Waals surface area contributed by atoms with Gasteiger partial charge in [-0.15, -0.1) is 0 Å². The van der Waals surface area contributed by atoms with Gasteiger partial charge in [-0.2, -0.15) is 4.31 Å². The van der Waals surface area contributed by atoms with E-state index < -0.39 is 15.9 Å². The molecule has 0 unspecified atom stereocenters. The Labute approximate surface area is 192 Å². The summed E-state index contributed by atoms with van der Waals surface area (Å²) in [7, 11) is -3.98. The summed E-state index contributed by atoms with van der Waals surface area (Å²) >= 11 is 12.1. The van der Waals surface area contributed by atoms with Crippen LogP contribution >= 0.6 is 23.2 Å². The van der Waals surface area contributed by atoms with Crippen LogP contribution in [0.15, 0.2) is 71.6 Å². The maximum Gasteiger partial charge on any atom is 0.243 e. The van der Waals surface area contributed by atoms with E-state index in [1.165, 1.54) is 24.3 Å². The van der Waals surface area contributed by atoms with Gasteiger partial charge in [-0.05, 0) is 73.0 Å². The molecule has 3 aromatic carbocycles. The fourth-order valence-electron chi connectivity index (χ4n) is 3.21. The van der Waals surface area contributed by atoms with Crippen LogP contribution in [0, 0.1) is 13.8 Å². The fourth-order valence-corrected chi connectivity index (χ4v) is 4.90. The number of hydrogen-bond acceptors (Lipinski definition) is 3. The zero-order chi connectivity index (χ0) is 22.6. The van der Waals surface area contributed by atoms with Crippen LogP contribution in [0.3, 0.4) is 0 Å². The van der Waals surface area contributed by atoms with Gasteiger partial charge in [0.25, 0.3) is 0 Å². The third kappa shape index (κ3) is 6.08. The summed E-state index contributed by atoms with van der Waals surface area (Å²) in [4.78, 5) is 12.8. The molecule has 31 heavy (non-hydrogen) atoms. The lowest BCUT2D eigenvalue weighted by Gasteiger charge is -2.22. The molecule has 0 bridgehead atoms. The SMILES string of the molecule is Cc1cc(C)cc(NC(=O)CN(Cc2ccccc2Cl)S(=O)(=O)c2ccc(Cl)cc2)c1. The van der Waals surface area contributed by atoms with Gasteiger partial charge in [-0.25, -0.2) is 8.42 Å². The van der Waals surface area contributed by atoms with Crippen LogP contribution in [0.1, 0.15) is 16.7 Å². The van der Waals surface area contributed by atoms with E-state index in [0.717, 1.165) is 15.4 Å². The number of nitrogens with one attached hydrogen (secondary N) is 1. The highest BCUT2D eigenvalue weighted by Gasteiger charge is 2.27. The van der Waals surface area contributed by atoms with Crippen molar-refractivity contribution in [3.8, 4) is 0 Å². The normalized spacial score (nSPS) is 11.5. The van der Waals surface area contributed by atoms with Crippen molar-refractivity contribution in [3.63, 3.8) is 0 Å². The molecule has 3 rings (SSSR count). The largest absolute Gasteiger partial charge is 0.325 e. The Morgan fingerprint density at radius 2 is 1.55 bits per heavy atom. The first-order valence-corrected chi connectivity index (χ1v) is 11.7. The molecule has 0 aromatic heterocycles. The molecule has 0 radical (unpaired) electrons. The summed E-state index contributed by atoms with van der Waals surface area (Å²) in [5, 5.41) is 3.63. The molecule has 0 aliphatic rings. The van der Waals surface area contributed by atoms with Crippen molar-refractivity contribution in [3.05, 3.63) is 93.5 Å². The van der Waals surface area contributed by atoms with Gasteiger partial charge < -0.3 is 5.32 Å². The van der Waals surface area contributed by atoms with Crippen molar-refractivity contribution in [1.82, 2.24) is 4.31 Å². The minimum Gasteiger partial charge on any atom is -0.325 e. The third-order valence-corrected chi connectivity index (χ3v) is 7.01. The predicted octanol–water partition coefficient (Wildman–Crippen LogP) is 5.44. The van der Waals surface area contributed by atoms with Gasteiger partial charge >= 0.3 is 0 Å². The van der Waals surface area contributed by atoms with Crippen molar-refractivity contribution in [2.75, 3.05) is 11.9 Å². The predicted molar refractivity (Wildman–Crippen MR) is 125 cm³/mol. The van der Waals surface area contributed by atoms with Crippen LogP contribution < -0.4 is 5.32 Å². The standard InChI is InChI=1S/C23H22Cl2N2O3S/c1-16-11-17(2)13-20(12-16)26-23(28)15-27(14-18-5-3-4-6-22(18)25)31(29,30)21-9-7-19(24)8-10-21/h3-13H,14-15H2,1-2H3,(H,26,28). The van der Waals surface area contributed by atoms with Crippen molar-refractivity contribution < 1.29 is 13.2 Å². The molecule has 0 spiro atoms. The number of carbonyl (C=O) groups is 1. The molecule has 0 saturated heterocycles. The zero-order valence-electron chi connectivity index (χ0n) is 17.1. The quantitative estimate of drug-likeness (QED) is 0.493. The summed E-state index contributed by atoms with van der Waals surface area (Å²) in [5.41, 5.74) is 3.21. The van der Waals surface area contributed by atoms with E-state index >= 15 is 0 Å². The molecular weight excluding hydrogens is 455 g/mol. The monoisotopic (exact) mass is 476 g/mol. The van der Waals surface area contributed by atoms with Gasteiger partial charge in [0.15, 0.2) is 0 Å². The Balaban J connectivity index is 1.90. The molecule has 0 saturated carbocycles. The maximum absolute atomic E-state index is 13.3. The van der Waals surface area contributed by atoms with Crippen LogP contribution in [0.2, 0.25) is 10.0 Å². The second-order valence-electron chi connectivity index (χ2n) is 7.24. The number of hydrogen-bond donors (Lipinski definition) is 1. The highest BCUT2D eigenvalue weighted by Crippen LogP contribution is 2.24. The first-order chi connectivity index (χ1) is 14.6. The lowest BCUT2D eigenvalue weighted by molar-refractivity contribution is -0.116. The number of halogens is 2. The van der Waals surface area contributed by atoms with Crippen LogP contribution in [0.25, 0.3) is 0 Å². The number of rotatable bonds is 7. The van der Waals surface area contributed by atoms with E-state index in [1.807, 2.05) is 32.0 Å². The summed E-state index contributed by atoms with van der Waals surface area (Å²) in [5.74, 6) is -0.449. The van der Waals surface area contributed by atoms with Gasteiger partial charge in [0, 0.05) is 22.3 Å². The Hall–Kier alpha value is -2.38. The highest BCUT2D eigenvalue weighted by atomic mass is 35.5. The number of aryl methyl sites for hydroxylation is 2. The molecule has 5 nitrogen and oxygen atoms in total. The summed E-state index contributed by atoms with van der Waals surface area (Å²) < 4.78 is 27.7. The van der Waals surface area contributed by atoms with Crippen LogP contribution in [0.5, 0.6) is 0 Å². The van der Waals surface area contributed by atoms with Gasteiger partial charge in [-0.1, -0.05) is 47.5 Å². The molecule has 1 amide bonds. The van der Waals surface area contributed by atoms with Crippen LogP contribution in [-0.2, 0) is 21.4 Å². The van der Waals surface area contributed by atoms with Crippen molar-refractivity contribution in [2.45, 2.75) is 25.3 Å². The lowest BCUT2D eigenvalue weighted by atomic mass is 10.1. The van der Waals surface area contributed by atoms with E-state index in [0.29, 0.717) is 21.3 Å². The van der Waals surface area contributed by atoms with E-state index in [2.05, 4.69) is 5.32 Å². The Morgan fingerprint density at radius 3 is 2.16 bits per heavy atom. The average Bonchev–Trinajstić information content (AvgIpc) is 2.68. The fraction of sp³-hybridized carbons (Fsp3) is 0.174. The molecule has 0 aliphatic heterocycles. The minimum atomic E-state index is -3.98. The Kier molecular flexibility index (Phi) is 7.38. The number of benzene rings is 3. The number of amides is 1. The molecule has 0 heterocycles. The molecule has 1 N–H and O–H groups in total. The highest BCUT2D eigenvalue weighted by molar-refractivity contribution is 7.89. The van der Waals surface area contributed by atoms with Gasteiger partial charge in [0.1, 0.15) is 0 Å². The van der Waals surface area contributed by atoms with Crippen molar-refractivity contribution in [2.24, 2.45) is 0 Å². The molecule has 0 aliphatic carbocycles. The summed E-state index contributed by atoms with van der Waals surface area (Å²) in [6.07, 6.45) is 0. The molecule has 0 fully saturated rings. The van der Waals surface area contributed by atoms with Crippen LogP contribution in [-0.4, -0.2) is 25.2 Å². The van der Waals surface area contributed by atoms with Gasteiger partial charge in [0.05, 0.1) is 11.4 Å². The van der Waals surface area contributed by atoms with Crippen LogP contribution in [0.4, 0.5) is 5.69 Å². The van der Waals surface area contributed by atoms with Crippen molar-refractivity contribution >= 4 is 44.8 Å². The zero-order valence-corrected chi connectivity index (χ0v) is 19.4. The summed E-state index contributed by atoms with van der Waals surface area (Å²) in [6.45, 7) is 3.43. The maximum atomic E-state index is 13.3. The second-order valence-corrected chi connectivity index (χ2v) is 10.0. The third-order valence-electron chi connectivity index (χ3n) is 4.58. The second kappa shape index (κ2) is 9.83. The molecule has 162 valence electrons. The molecule has 8 heteroatoms. The van der Waals surface area contributed by atoms with Gasteiger partial charge in [-0.3, -0.25) is 4.79 Å². The number of carbonyl (C=O) groups excluding carboxylic acids is 1. The van der Waals surface area contributed by atoms with E-state index in [1.54, 1.807) is 24.3 Å². The summed E-state index contributed by atoms with van der Waals surface area (Å²) in [6, 6.07) is 18.4. The lowest BCUT2D eigenvalue weighted by Crippen LogP contribution is -2.37. The minimum absolute atomic E-state index is 0.0446. The number of sulfonamides is 1. The number of anilines is 1. The van der Waals surface area contributed by atoms with E-state index in [9.17, 15) is 13.2 Å². The topological polar surface area (TPSA) is 66.5 Å². The van der Waals surface area contributed by atoms with E-state index in [4.69, 9.17) is 23.2 Å². The first-order valence-electron chi connectivity index (χ1n) is 9.52. The molecular formula is C23H22Cl2N2O3S. The smallest absolute Gasteiger partial charge is 0.243 e. The van der Waals surface area contributed by atoms with E-state index in [-0.39, 0.29) is 18.0 Å².